The normalized spacial score (nSPS) is 20.5. The Bertz CT molecular complexity index is 635. The Kier molecular flexibility index (Phi) is 5.03. The van der Waals surface area contributed by atoms with Crippen LogP contribution in [0.25, 0.3) is 0 Å². The van der Waals surface area contributed by atoms with Gasteiger partial charge in [0.05, 0.1) is 11.1 Å². The SMILES string of the molecule is CC1(C)C=C(COc2ccc(CC(N)C(=O)O)cc2)C(C)(C)N1O. The van der Waals surface area contributed by atoms with Gasteiger partial charge in [0, 0.05) is 0 Å². The molecular weight excluding hydrogens is 308 g/mol. The fraction of sp³-hybridized carbons (Fsp3) is 0.500. The smallest absolute Gasteiger partial charge is 0.320 e. The third kappa shape index (κ3) is 3.77. The zero-order valence-corrected chi connectivity index (χ0v) is 14.6. The van der Waals surface area contributed by atoms with E-state index in [2.05, 4.69) is 0 Å². The number of carboxylic acid groups (broad SMARTS) is 1. The Balaban J connectivity index is 1.99. The maximum Gasteiger partial charge on any atom is 0.320 e. The molecule has 1 aromatic rings. The van der Waals surface area contributed by atoms with Crippen molar-refractivity contribution in [1.29, 1.82) is 0 Å². The molecule has 0 saturated carbocycles. The summed E-state index contributed by atoms with van der Waals surface area (Å²) in [7, 11) is 0. The van der Waals surface area contributed by atoms with Gasteiger partial charge in [0.1, 0.15) is 18.4 Å². The highest BCUT2D eigenvalue weighted by molar-refractivity contribution is 5.73. The lowest BCUT2D eigenvalue weighted by atomic mass is 9.97. The van der Waals surface area contributed by atoms with Crippen molar-refractivity contribution in [3.8, 4) is 5.75 Å². The van der Waals surface area contributed by atoms with Gasteiger partial charge in [-0.25, -0.2) is 0 Å². The van der Waals surface area contributed by atoms with Crippen LogP contribution in [0.4, 0.5) is 0 Å². The molecule has 1 aliphatic heterocycles. The van der Waals surface area contributed by atoms with E-state index < -0.39 is 23.1 Å². The molecule has 0 radical (unpaired) electrons. The minimum atomic E-state index is -1.01. The molecule has 0 fully saturated rings. The van der Waals surface area contributed by atoms with Crippen molar-refractivity contribution in [2.24, 2.45) is 5.73 Å². The summed E-state index contributed by atoms with van der Waals surface area (Å²) in [6, 6.07) is 6.32. The first-order valence-electron chi connectivity index (χ1n) is 7.95. The van der Waals surface area contributed by atoms with Crippen molar-refractivity contribution in [2.45, 2.75) is 51.2 Å². The van der Waals surface area contributed by atoms with Crippen LogP contribution in [0.1, 0.15) is 33.3 Å². The predicted molar refractivity (Wildman–Crippen MR) is 91.1 cm³/mol. The van der Waals surface area contributed by atoms with Crippen LogP contribution < -0.4 is 10.5 Å². The van der Waals surface area contributed by atoms with Crippen molar-refractivity contribution < 1.29 is 19.8 Å². The van der Waals surface area contributed by atoms with Gasteiger partial charge in [0.15, 0.2) is 0 Å². The average Bonchev–Trinajstić information content (AvgIpc) is 2.66. The molecule has 0 saturated heterocycles. The minimum absolute atomic E-state index is 0.279. The number of nitrogens with two attached hydrogens (primary N) is 1. The lowest BCUT2D eigenvalue weighted by Gasteiger charge is -2.36. The summed E-state index contributed by atoms with van der Waals surface area (Å²) in [5.41, 5.74) is 6.46. The van der Waals surface area contributed by atoms with Crippen LogP contribution in [0.2, 0.25) is 0 Å². The van der Waals surface area contributed by atoms with E-state index in [4.69, 9.17) is 15.6 Å². The second-order valence-electron chi connectivity index (χ2n) is 7.28. The number of hydroxylamine groups is 2. The van der Waals surface area contributed by atoms with Crippen molar-refractivity contribution in [1.82, 2.24) is 5.06 Å². The van der Waals surface area contributed by atoms with Crippen LogP contribution in [-0.2, 0) is 11.2 Å². The van der Waals surface area contributed by atoms with E-state index >= 15 is 0 Å². The monoisotopic (exact) mass is 334 g/mol. The van der Waals surface area contributed by atoms with Gasteiger partial charge in [-0.1, -0.05) is 18.2 Å². The van der Waals surface area contributed by atoms with Gasteiger partial charge >= 0.3 is 5.97 Å². The Labute approximate surface area is 142 Å². The number of nitrogens with zero attached hydrogens (tertiary/aromatic N) is 1. The summed E-state index contributed by atoms with van der Waals surface area (Å²) < 4.78 is 5.82. The molecule has 1 unspecified atom stereocenters. The summed E-state index contributed by atoms with van der Waals surface area (Å²) >= 11 is 0. The third-order valence-corrected chi connectivity index (χ3v) is 4.48. The fourth-order valence-corrected chi connectivity index (χ4v) is 2.96. The standard InChI is InChI=1S/C18H26N2O4/c1-17(2)10-13(18(3,4)20(17)23)11-24-14-7-5-12(6-8-14)9-15(19)16(21)22/h5-8,10,15,23H,9,11,19H2,1-4H3,(H,21,22). The van der Waals surface area contributed by atoms with Crippen LogP contribution in [0.5, 0.6) is 5.75 Å². The number of aliphatic carboxylic acids is 1. The highest BCUT2D eigenvalue weighted by Gasteiger charge is 2.45. The molecule has 0 aromatic heterocycles. The molecule has 0 amide bonds. The van der Waals surface area contributed by atoms with E-state index in [1.54, 1.807) is 12.1 Å². The van der Waals surface area contributed by atoms with Gasteiger partial charge in [0.2, 0.25) is 0 Å². The summed E-state index contributed by atoms with van der Waals surface area (Å²) in [6.45, 7) is 8.17. The molecule has 1 aromatic carbocycles. The molecule has 0 spiro atoms. The van der Waals surface area contributed by atoms with Gasteiger partial charge in [-0.05, 0) is 57.4 Å². The molecule has 1 aliphatic rings. The van der Waals surface area contributed by atoms with E-state index in [9.17, 15) is 10.0 Å². The number of ether oxygens (including phenoxy) is 1. The van der Waals surface area contributed by atoms with Gasteiger partial charge in [0.25, 0.3) is 0 Å². The summed E-state index contributed by atoms with van der Waals surface area (Å²) in [5, 5.41) is 20.5. The van der Waals surface area contributed by atoms with Gasteiger partial charge in [-0.2, -0.15) is 5.06 Å². The van der Waals surface area contributed by atoms with Crippen molar-refractivity contribution >= 4 is 5.97 Å². The van der Waals surface area contributed by atoms with Crippen LogP contribution in [0, 0.1) is 0 Å². The van der Waals surface area contributed by atoms with E-state index in [0.717, 1.165) is 11.1 Å². The molecule has 0 aliphatic carbocycles. The topological polar surface area (TPSA) is 96.0 Å². The van der Waals surface area contributed by atoms with Crippen LogP contribution in [0.3, 0.4) is 0 Å². The van der Waals surface area contributed by atoms with E-state index in [0.29, 0.717) is 12.4 Å². The molecule has 6 heteroatoms. The largest absolute Gasteiger partial charge is 0.489 e. The molecule has 24 heavy (non-hydrogen) atoms. The second-order valence-corrected chi connectivity index (χ2v) is 7.28. The minimum Gasteiger partial charge on any atom is -0.489 e. The first-order valence-corrected chi connectivity index (χ1v) is 7.95. The molecule has 6 nitrogen and oxygen atoms in total. The zero-order valence-electron chi connectivity index (χ0n) is 14.6. The Hall–Kier alpha value is -1.89. The molecule has 1 atom stereocenters. The molecule has 4 N–H and O–H groups in total. The van der Waals surface area contributed by atoms with Crippen LogP contribution in [0.15, 0.2) is 35.9 Å². The second kappa shape index (κ2) is 6.55. The van der Waals surface area contributed by atoms with Gasteiger partial charge in [-0.15, -0.1) is 0 Å². The first kappa shape index (κ1) is 18.4. The number of benzene rings is 1. The first-order chi connectivity index (χ1) is 11.0. The molecule has 2 rings (SSSR count). The van der Waals surface area contributed by atoms with Crippen LogP contribution in [-0.4, -0.2) is 45.1 Å². The third-order valence-electron chi connectivity index (χ3n) is 4.48. The van der Waals surface area contributed by atoms with Gasteiger partial charge < -0.3 is 20.8 Å². The lowest BCUT2D eigenvalue weighted by molar-refractivity contribution is -0.185. The number of hydrogen-bond donors (Lipinski definition) is 3. The average molecular weight is 334 g/mol. The number of carbonyl (C=O) groups is 1. The summed E-state index contributed by atoms with van der Waals surface area (Å²) in [4.78, 5) is 10.8. The highest BCUT2D eigenvalue weighted by Crippen LogP contribution is 2.38. The maximum atomic E-state index is 10.8. The van der Waals surface area contributed by atoms with E-state index in [-0.39, 0.29) is 6.42 Å². The maximum absolute atomic E-state index is 10.8. The van der Waals surface area contributed by atoms with Crippen molar-refractivity contribution in [3.05, 3.63) is 41.5 Å². The fourth-order valence-electron chi connectivity index (χ4n) is 2.96. The van der Waals surface area contributed by atoms with E-state index in [1.807, 2.05) is 45.9 Å². The molecule has 0 bridgehead atoms. The Morgan fingerprint density at radius 3 is 2.29 bits per heavy atom. The van der Waals surface area contributed by atoms with Crippen LogP contribution >= 0.6 is 0 Å². The zero-order chi connectivity index (χ0) is 18.1. The Morgan fingerprint density at radius 1 is 1.25 bits per heavy atom. The van der Waals surface area contributed by atoms with Crippen molar-refractivity contribution in [2.75, 3.05) is 6.61 Å². The number of carboxylic acids is 1. The van der Waals surface area contributed by atoms with Gasteiger partial charge in [-0.3, -0.25) is 4.79 Å². The molecule has 132 valence electrons. The molecule has 1 heterocycles. The Morgan fingerprint density at radius 2 is 1.83 bits per heavy atom. The van der Waals surface area contributed by atoms with Crippen molar-refractivity contribution in [3.63, 3.8) is 0 Å². The quantitative estimate of drug-likeness (QED) is 0.690. The summed E-state index contributed by atoms with van der Waals surface area (Å²) in [6.07, 6.45) is 2.30. The molecular formula is C18H26N2O4. The predicted octanol–water partition coefficient (Wildman–Crippen LogP) is 2.21. The number of rotatable bonds is 6. The summed E-state index contributed by atoms with van der Waals surface area (Å²) in [5.74, 6) is -0.324. The van der Waals surface area contributed by atoms with E-state index in [1.165, 1.54) is 5.06 Å². The lowest BCUT2D eigenvalue weighted by Crippen LogP contribution is -2.48. The highest BCUT2D eigenvalue weighted by atomic mass is 16.5. The number of hydrogen-bond acceptors (Lipinski definition) is 5.